The Kier molecular flexibility index (Phi) is 4.34. The highest BCUT2D eigenvalue weighted by molar-refractivity contribution is 6.33. The fraction of sp³-hybridized carbons (Fsp3) is 0.500. The molecule has 0 spiro atoms. The third-order valence-electron chi connectivity index (χ3n) is 2.82. The number of rotatable bonds is 3. The molecule has 92 valence electrons. The first-order chi connectivity index (χ1) is 8.27. The van der Waals surface area contributed by atoms with Crippen molar-refractivity contribution in [3.05, 3.63) is 29.0 Å². The Morgan fingerprint density at radius 1 is 1.65 bits per heavy atom. The standard InChI is InChI=1S/C12H15ClN2O2/c13-11-7-14-4-3-10(11)12(16)15-6-9-2-1-5-17-8-9/h3-4,7,9H,1-2,5-6,8H2,(H,15,16). The topological polar surface area (TPSA) is 51.2 Å². The molecule has 5 heteroatoms. The molecule has 0 bridgehead atoms. The van der Waals surface area contributed by atoms with E-state index in [0.29, 0.717) is 23.0 Å². The molecule has 1 saturated heterocycles. The summed E-state index contributed by atoms with van der Waals surface area (Å²) < 4.78 is 5.36. The van der Waals surface area contributed by atoms with Crippen molar-refractivity contribution in [3.8, 4) is 0 Å². The summed E-state index contributed by atoms with van der Waals surface area (Å²) >= 11 is 5.89. The quantitative estimate of drug-likeness (QED) is 0.896. The van der Waals surface area contributed by atoms with Crippen LogP contribution in [0.2, 0.25) is 5.02 Å². The van der Waals surface area contributed by atoms with Crippen molar-refractivity contribution in [2.24, 2.45) is 5.92 Å². The largest absolute Gasteiger partial charge is 0.381 e. The lowest BCUT2D eigenvalue weighted by molar-refractivity contribution is 0.0536. The zero-order valence-electron chi connectivity index (χ0n) is 9.49. The molecule has 1 aliphatic heterocycles. The summed E-state index contributed by atoms with van der Waals surface area (Å²) in [5.74, 6) is 0.260. The molecule has 2 heterocycles. The van der Waals surface area contributed by atoms with Crippen molar-refractivity contribution in [2.45, 2.75) is 12.8 Å². The first-order valence-corrected chi connectivity index (χ1v) is 6.10. The first-order valence-electron chi connectivity index (χ1n) is 5.73. The fourth-order valence-corrected chi connectivity index (χ4v) is 2.07. The molecule has 1 aliphatic rings. The number of nitrogens with one attached hydrogen (secondary N) is 1. The molecular weight excluding hydrogens is 240 g/mol. The molecule has 0 saturated carbocycles. The van der Waals surface area contributed by atoms with E-state index in [1.54, 1.807) is 12.3 Å². The van der Waals surface area contributed by atoms with Gasteiger partial charge in [0.1, 0.15) is 0 Å². The Morgan fingerprint density at radius 2 is 2.53 bits per heavy atom. The van der Waals surface area contributed by atoms with E-state index in [1.165, 1.54) is 6.20 Å². The smallest absolute Gasteiger partial charge is 0.252 e. The van der Waals surface area contributed by atoms with Crippen LogP contribution in [0, 0.1) is 5.92 Å². The summed E-state index contributed by atoms with van der Waals surface area (Å²) in [4.78, 5) is 15.7. The molecule has 1 fully saturated rings. The number of hydrogen-bond acceptors (Lipinski definition) is 3. The monoisotopic (exact) mass is 254 g/mol. The van der Waals surface area contributed by atoms with E-state index in [9.17, 15) is 4.79 Å². The molecule has 0 aliphatic carbocycles. The second kappa shape index (κ2) is 5.98. The van der Waals surface area contributed by atoms with Crippen molar-refractivity contribution in [2.75, 3.05) is 19.8 Å². The number of carbonyl (C=O) groups excluding carboxylic acids is 1. The van der Waals surface area contributed by atoms with Crippen LogP contribution >= 0.6 is 11.6 Å². The normalized spacial score (nSPS) is 19.9. The van der Waals surface area contributed by atoms with E-state index in [1.807, 2.05) is 0 Å². The number of ether oxygens (including phenoxy) is 1. The highest BCUT2D eigenvalue weighted by atomic mass is 35.5. The third-order valence-corrected chi connectivity index (χ3v) is 3.12. The van der Waals surface area contributed by atoms with Crippen molar-refractivity contribution in [1.82, 2.24) is 10.3 Å². The van der Waals surface area contributed by atoms with Crippen LogP contribution in [0.4, 0.5) is 0 Å². The molecule has 1 atom stereocenters. The number of amides is 1. The van der Waals surface area contributed by atoms with Gasteiger partial charge in [-0.3, -0.25) is 9.78 Å². The van der Waals surface area contributed by atoms with E-state index in [2.05, 4.69) is 10.3 Å². The summed E-state index contributed by atoms with van der Waals surface area (Å²) in [6.45, 7) is 2.20. The predicted octanol–water partition coefficient (Wildman–Crippen LogP) is 1.89. The van der Waals surface area contributed by atoms with Crippen LogP contribution in [0.3, 0.4) is 0 Å². The maximum absolute atomic E-state index is 11.8. The van der Waals surface area contributed by atoms with Crippen LogP contribution in [-0.4, -0.2) is 30.6 Å². The maximum Gasteiger partial charge on any atom is 0.252 e. The molecule has 0 radical (unpaired) electrons. The maximum atomic E-state index is 11.8. The van der Waals surface area contributed by atoms with Crippen LogP contribution < -0.4 is 5.32 Å². The molecule has 2 rings (SSSR count). The summed E-state index contributed by atoms with van der Waals surface area (Å²) in [6, 6.07) is 1.62. The fourth-order valence-electron chi connectivity index (χ4n) is 1.86. The average Bonchev–Trinajstić information content (AvgIpc) is 2.38. The van der Waals surface area contributed by atoms with E-state index in [0.717, 1.165) is 26.1 Å². The molecule has 1 aromatic rings. The van der Waals surface area contributed by atoms with Gasteiger partial charge in [-0.1, -0.05) is 11.6 Å². The second-order valence-corrected chi connectivity index (χ2v) is 4.56. The predicted molar refractivity (Wildman–Crippen MR) is 65.1 cm³/mol. The van der Waals surface area contributed by atoms with Crippen LogP contribution in [-0.2, 0) is 4.74 Å². The first kappa shape index (κ1) is 12.3. The molecule has 17 heavy (non-hydrogen) atoms. The van der Waals surface area contributed by atoms with Crippen molar-refractivity contribution < 1.29 is 9.53 Å². The van der Waals surface area contributed by atoms with E-state index < -0.39 is 0 Å². The van der Waals surface area contributed by atoms with E-state index >= 15 is 0 Å². The molecule has 1 aromatic heterocycles. The zero-order valence-corrected chi connectivity index (χ0v) is 10.2. The van der Waals surface area contributed by atoms with Crippen LogP contribution in [0.15, 0.2) is 18.5 Å². The number of nitrogens with zero attached hydrogens (tertiary/aromatic N) is 1. The van der Waals surface area contributed by atoms with Crippen molar-refractivity contribution in [3.63, 3.8) is 0 Å². The number of aromatic nitrogens is 1. The molecule has 1 amide bonds. The number of pyridine rings is 1. The number of hydrogen-bond donors (Lipinski definition) is 1. The third kappa shape index (κ3) is 3.41. The minimum absolute atomic E-state index is 0.150. The van der Waals surface area contributed by atoms with Crippen molar-refractivity contribution >= 4 is 17.5 Å². The summed E-state index contributed by atoms with van der Waals surface area (Å²) in [7, 11) is 0. The Labute approximate surface area is 105 Å². The number of carbonyl (C=O) groups is 1. The highest BCUT2D eigenvalue weighted by Crippen LogP contribution is 2.15. The zero-order chi connectivity index (χ0) is 12.1. The highest BCUT2D eigenvalue weighted by Gasteiger charge is 2.16. The molecule has 1 unspecified atom stereocenters. The molecule has 1 N–H and O–H groups in total. The van der Waals surface area contributed by atoms with E-state index in [-0.39, 0.29) is 5.91 Å². The van der Waals surface area contributed by atoms with Gasteiger partial charge in [-0.25, -0.2) is 0 Å². The Hall–Kier alpha value is -1.13. The second-order valence-electron chi connectivity index (χ2n) is 4.15. The minimum atomic E-state index is -0.150. The van der Waals surface area contributed by atoms with Crippen molar-refractivity contribution in [1.29, 1.82) is 0 Å². The molecular formula is C12H15ClN2O2. The Bertz CT molecular complexity index is 392. The molecule has 4 nitrogen and oxygen atoms in total. The lowest BCUT2D eigenvalue weighted by Gasteiger charge is -2.22. The van der Waals surface area contributed by atoms with Gasteiger partial charge in [0.25, 0.3) is 5.91 Å². The summed E-state index contributed by atoms with van der Waals surface area (Å²) in [5.41, 5.74) is 0.471. The van der Waals surface area contributed by atoms with Gasteiger partial charge in [-0.05, 0) is 24.8 Å². The van der Waals surface area contributed by atoms with E-state index in [4.69, 9.17) is 16.3 Å². The van der Waals surface area contributed by atoms with Gasteiger partial charge in [-0.2, -0.15) is 0 Å². The van der Waals surface area contributed by atoms with Crippen LogP contribution in [0.5, 0.6) is 0 Å². The van der Waals surface area contributed by atoms with Gasteiger partial charge in [0, 0.05) is 25.5 Å². The summed E-state index contributed by atoms with van der Waals surface area (Å²) in [6.07, 6.45) is 5.20. The lowest BCUT2D eigenvalue weighted by atomic mass is 10.0. The van der Waals surface area contributed by atoms with Gasteiger partial charge in [0.15, 0.2) is 0 Å². The van der Waals surface area contributed by atoms with Gasteiger partial charge in [-0.15, -0.1) is 0 Å². The lowest BCUT2D eigenvalue weighted by Crippen LogP contribution is -2.33. The SMILES string of the molecule is O=C(NCC1CCCOC1)c1ccncc1Cl. The van der Waals surface area contributed by atoms with Gasteiger partial charge >= 0.3 is 0 Å². The average molecular weight is 255 g/mol. The van der Waals surface area contributed by atoms with Gasteiger partial charge in [0.05, 0.1) is 17.2 Å². The minimum Gasteiger partial charge on any atom is -0.381 e. The summed E-state index contributed by atoms with van der Waals surface area (Å²) in [5, 5.41) is 3.26. The van der Waals surface area contributed by atoms with Gasteiger partial charge in [0.2, 0.25) is 0 Å². The van der Waals surface area contributed by atoms with Crippen LogP contribution in [0.1, 0.15) is 23.2 Å². The molecule has 0 aromatic carbocycles. The Balaban J connectivity index is 1.87. The van der Waals surface area contributed by atoms with Crippen LogP contribution in [0.25, 0.3) is 0 Å². The number of halogens is 1. The Morgan fingerprint density at radius 3 is 3.24 bits per heavy atom. The van der Waals surface area contributed by atoms with Gasteiger partial charge < -0.3 is 10.1 Å².